The zero-order valence-electron chi connectivity index (χ0n) is 17.8. The summed E-state index contributed by atoms with van der Waals surface area (Å²) in [4.78, 5) is 5.15. The van der Waals surface area contributed by atoms with Crippen molar-refractivity contribution in [2.75, 3.05) is 13.7 Å². The maximum Gasteiger partial charge on any atom is 0.215 e. The molecule has 2 heterocycles. The molecule has 3 aromatic carbocycles. The Labute approximate surface area is 182 Å². The Bertz CT molecular complexity index is 1300. The smallest absolute Gasteiger partial charge is 0.215 e. The van der Waals surface area contributed by atoms with Crippen LogP contribution in [-0.4, -0.2) is 27.7 Å². The van der Waals surface area contributed by atoms with E-state index in [1.807, 2.05) is 12.1 Å². The fourth-order valence-corrected chi connectivity index (χ4v) is 4.06. The van der Waals surface area contributed by atoms with Gasteiger partial charge in [-0.05, 0) is 12.5 Å². The Morgan fingerprint density at radius 3 is 2.06 bits per heavy atom. The first-order chi connectivity index (χ1) is 15.3. The maximum absolute atomic E-state index is 5.42. The average molecular weight is 408 g/mol. The molecule has 0 radical (unpaired) electrons. The molecule has 0 unspecified atom stereocenters. The molecule has 0 atom stereocenters. The summed E-state index contributed by atoms with van der Waals surface area (Å²) >= 11 is 0. The first-order valence-electron chi connectivity index (χ1n) is 10.5. The molecule has 2 aromatic heterocycles. The van der Waals surface area contributed by atoms with E-state index in [1.54, 1.807) is 7.11 Å². The van der Waals surface area contributed by atoms with Crippen molar-refractivity contribution in [1.82, 2.24) is 14.0 Å². The van der Waals surface area contributed by atoms with E-state index in [0.29, 0.717) is 6.61 Å². The molecule has 0 bridgehead atoms. The van der Waals surface area contributed by atoms with Gasteiger partial charge in [0.25, 0.3) is 0 Å². The van der Waals surface area contributed by atoms with Gasteiger partial charge in [-0.1, -0.05) is 90.5 Å². The number of fused-ring (bicyclic) bond motifs is 1. The summed E-state index contributed by atoms with van der Waals surface area (Å²) in [6, 6.07) is 29.5. The summed E-state index contributed by atoms with van der Waals surface area (Å²) in [6.07, 6.45) is 2.21. The molecule has 154 valence electrons. The van der Waals surface area contributed by atoms with E-state index < -0.39 is 0 Å². The molecule has 0 saturated carbocycles. The van der Waals surface area contributed by atoms with Crippen molar-refractivity contribution in [2.24, 2.45) is 0 Å². The largest absolute Gasteiger partial charge is 0.383 e. The number of imidazole rings is 2. The third kappa shape index (κ3) is 3.56. The first kappa shape index (κ1) is 19.3. The third-order valence-electron chi connectivity index (χ3n) is 5.64. The van der Waals surface area contributed by atoms with Gasteiger partial charge in [-0.25, -0.2) is 4.98 Å². The summed E-state index contributed by atoms with van der Waals surface area (Å²) in [7, 11) is 1.74. The number of methoxy groups -OCH3 is 1. The van der Waals surface area contributed by atoms with E-state index in [4.69, 9.17) is 9.72 Å². The number of rotatable bonds is 6. The summed E-state index contributed by atoms with van der Waals surface area (Å²) < 4.78 is 9.90. The van der Waals surface area contributed by atoms with Crippen molar-refractivity contribution in [3.8, 4) is 33.8 Å². The van der Waals surface area contributed by atoms with Crippen molar-refractivity contribution in [3.05, 3.63) is 96.7 Å². The molecular formula is C27H25N3O. The van der Waals surface area contributed by atoms with Gasteiger partial charge in [-0.2, -0.15) is 0 Å². The van der Waals surface area contributed by atoms with Crippen molar-refractivity contribution in [2.45, 2.75) is 13.5 Å². The van der Waals surface area contributed by atoms with Crippen LogP contribution in [-0.2, 0) is 11.3 Å². The SMILES string of the molecule is COCCn1c(-c2ccc(C)cc2)cn2c(-c3ccccc3)c(-c3ccccc3)nc12. The van der Waals surface area contributed by atoms with Crippen molar-refractivity contribution in [3.63, 3.8) is 0 Å². The fourth-order valence-electron chi connectivity index (χ4n) is 4.06. The normalized spacial score (nSPS) is 11.3. The highest BCUT2D eigenvalue weighted by Crippen LogP contribution is 2.35. The lowest BCUT2D eigenvalue weighted by Crippen LogP contribution is -2.06. The molecule has 0 aliphatic heterocycles. The number of aromatic nitrogens is 3. The van der Waals surface area contributed by atoms with Crippen LogP contribution in [0.1, 0.15) is 5.56 Å². The molecule has 5 aromatic rings. The van der Waals surface area contributed by atoms with E-state index in [-0.39, 0.29) is 0 Å². The number of hydrogen-bond acceptors (Lipinski definition) is 2. The lowest BCUT2D eigenvalue weighted by atomic mass is 10.0. The van der Waals surface area contributed by atoms with Crippen LogP contribution < -0.4 is 0 Å². The van der Waals surface area contributed by atoms with Crippen LogP contribution in [0.25, 0.3) is 39.5 Å². The van der Waals surface area contributed by atoms with Crippen molar-refractivity contribution in [1.29, 1.82) is 0 Å². The predicted octanol–water partition coefficient (Wildman–Crippen LogP) is 6.09. The number of aryl methyl sites for hydroxylation is 1. The van der Waals surface area contributed by atoms with E-state index in [2.05, 4.69) is 94.9 Å². The Morgan fingerprint density at radius 1 is 0.774 bits per heavy atom. The first-order valence-corrected chi connectivity index (χ1v) is 10.5. The Kier molecular flexibility index (Phi) is 5.14. The molecule has 0 saturated heterocycles. The van der Waals surface area contributed by atoms with Gasteiger partial charge in [-0.15, -0.1) is 0 Å². The third-order valence-corrected chi connectivity index (χ3v) is 5.64. The summed E-state index contributed by atoms with van der Waals surface area (Å²) in [5.41, 5.74) is 7.91. The summed E-state index contributed by atoms with van der Waals surface area (Å²) in [6.45, 7) is 3.47. The Morgan fingerprint density at radius 2 is 1.42 bits per heavy atom. The molecule has 0 aliphatic carbocycles. The van der Waals surface area contributed by atoms with Crippen molar-refractivity contribution < 1.29 is 4.74 Å². The topological polar surface area (TPSA) is 31.5 Å². The number of nitrogens with zero attached hydrogens (tertiary/aromatic N) is 3. The van der Waals surface area contributed by atoms with Gasteiger partial charge in [0.1, 0.15) is 0 Å². The minimum atomic E-state index is 0.622. The second-order valence-corrected chi connectivity index (χ2v) is 7.74. The summed E-state index contributed by atoms with van der Waals surface area (Å²) in [5, 5.41) is 0. The highest BCUT2D eigenvalue weighted by molar-refractivity contribution is 5.82. The molecule has 0 spiro atoms. The van der Waals surface area contributed by atoms with Gasteiger partial charge in [0.2, 0.25) is 5.78 Å². The predicted molar refractivity (Wildman–Crippen MR) is 126 cm³/mol. The van der Waals surface area contributed by atoms with Gasteiger partial charge in [0.15, 0.2) is 0 Å². The number of benzene rings is 3. The van der Waals surface area contributed by atoms with Gasteiger partial charge >= 0.3 is 0 Å². The van der Waals surface area contributed by atoms with Crippen LogP contribution in [0.4, 0.5) is 0 Å². The van der Waals surface area contributed by atoms with Crippen LogP contribution in [0.3, 0.4) is 0 Å². The second-order valence-electron chi connectivity index (χ2n) is 7.74. The lowest BCUT2D eigenvalue weighted by molar-refractivity contribution is 0.188. The summed E-state index contributed by atoms with van der Waals surface area (Å²) in [5.74, 6) is 0.922. The van der Waals surface area contributed by atoms with Crippen molar-refractivity contribution >= 4 is 5.78 Å². The van der Waals surface area contributed by atoms with E-state index in [0.717, 1.165) is 40.5 Å². The average Bonchev–Trinajstić information content (AvgIpc) is 3.36. The van der Waals surface area contributed by atoms with E-state index >= 15 is 0 Å². The molecule has 4 nitrogen and oxygen atoms in total. The van der Waals surface area contributed by atoms with Crippen LogP contribution in [0, 0.1) is 6.92 Å². The molecule has 0 N–H and O–H groups in total. The fraction of sp³-hybridized carbons (Fsp3) is 0.148. The molecule has 31 heavy (non-hydrogen) atoms. The molecule has 5 rings (SSSR count). The zero-order valence-corrected chi connectivity index (χ0v) is 17.8. The number of ether oxygens (including phenoxy) is 1. The molecule has 4 heteroatoms. The highest BCUT2D eigenvalue weighted by Gasteiger charge is 2.21. The molecular weight excluding hydrogens is 382 g/mol. The van der Waals surface area contributed by atoms with Gasteiger partial charge < -0.3 is 9.30 Å². The minimum absolute atomic E-state index is 0.622. The molecule has 0 fully saturated rings. The van der Waals surface area contributed by atoms with Crippen LogP contribution in [0.2, 0.25) is 0 Å². The monoisotopic (exact) mass is 407 g/mol. The maximum atomic E-state index is 5.42. The highest BCUT2D eigenvalue weighted by atomic mass is 16.5. The quantitative estimate of drug-likeness (QED) is 0.341. The van der Waals surface area contributed by atoms with Gasteiger partial charge in [-0.3, -0.25) is 4.40 Å². The zero-order chi connectivity index (χ0) is 21.2. The standard InChI is InChI=1S/C27H25N3O/c1-20-13-15-21(16-14-20)24-19-30-26(23-11-7-4-8-12-23)25(22-9-5-3-6-10-22)28-27(30)29(24)17-18-31-2/h3-16,19H,17-18H2,1-2H3. The lowest BCUT2D eigenvalue weighted by Gasteiger charge is -2.09. The molecule has 0 amide bonds. The van der Waals surface area contributed by atoms with Crippen LogP contribution >= 0.6 is 0 Å². The van der Waals surface area contributed by atoms with Crippen LogP contribution in [0.5, 0.6) is 0 Å². The van der Waals surface area contributed by atoms with Gasteiger partial charge in [0.05, 0.1) is 23.7 Å². The minimum Gasteiger partial charge on any atom is -0.383 e. The van der Waals surface area contributed by atoms with E-state index in [9.17, 15) is 0 Å². The van der Waals surface area contributed by atoms with Crippen LogP contribution in [0.15, 0.2) is 91.1 Å². The van der Waals surface area contributed by atoms with E-state index in [1.165, 1.54) is 11.1 Å². The van der Waals surface area contributed by atoms with Gasteiger partial charge in [0, 0.05) is 31.0 Å². The Balaban J connectivity index is 1.80. The molecule has 0 aliphatic rings. The second kappa shape index (κ2) is 8.25. The Hall–Kier alpha value is -3.63. The number of hydrogen-bond donors (Lipinski definition) is 0.